The van der Waals surface area contributed by atoms with Crippen molar-refractivity contribution >= 4 is 39.0 Å². The SMILES string of the molecule is CC1CC(C)CN(c2nc(Cl)nc3sc(-c4ccccc4)cc23)C1. The molecule has 124 valence electrons. The largest absolute Gasteiger partial charge is 0.355 e. The van der Waals surface area contributed by atoms with Crippen LogP contribution in [0.3, 0.4) is 0 Å². The number of fused-ring (bicyclic) bond motifs is 1. The van der Waals surface area contributed by atoms with Gasteiger partial charge in [0.1, 0.15) is 10.6 Å². The second-order valence-corrected chi connectivity index (χ2v) is 8.23. The summed E-state index contributed by atoms with van der Waals surface area (Å²) in [7, 11) is 0. The van der Waals surface area contributed by atoms with Crippen molar-refractivity contribution in [2.75, 3.05) is 18.0 Å². The minimum absolute atomic E-state index is 0.338. The van der Waals surface area contributed by atoms with E-state index in [0.29, 0.717) is 17.1 Å². The van der Waals surface area contributed by atoms with Crippen LogP contribution in [0.15, 0.2) is 36.4 Å². The molecule has 0 saturated carbocycles. The van der Waals surface area contributed by atoms with Gasteiger partial charge in [-0.15, -0.1) is 11.3 Å². The molecule has 0 aliphatic carbocycles. The average molecular weight is 358 g/mol. The molecular weight excluding hydrogens is 338 g/mol. The summed E-state index contributed by atoms with van der Waals surface area (Å²) in [5.41, 5.74) is 1.21. The first-order chi connectivity index (χ1) is 11.6. The van der Waals surface area contributed by atoms with E-state index in [1.165, 1.54) is 16.9 Å². The molecule has 0 radical (unpaired) electrons. The van der Waals surface area contributed by atoms with Crippen molar-refractivity contribution in [3.63, 3.8) is 0 Å². The van der Waals surface area contributed by atoms with Crippen molar-refractivity contribution in [3.8, 4) is 10.4 Å². The minimum Gasteiger partial charge on any atom is -0.355 e. The van der Waals surface area contributed by atoms with Crippen molar-refractivity contribution in [1.29, 1.82) is 0 Å². The Labute approximate surface area is 151 Å². The zero-order valence-electron chi connectivity index (χ0n) is 13.9. The number of rotatable bonds is 2. The van der Waals surface area contributed by atoms with Gasteiger partial charge >= 0.3 is 0 Å². The molecule has 0 amide bonds. The summed E-state index contributed by atoms with van der Waals surface area (Å²) >= 11 is 7.91. The summed E-state index contributed by atoms with van der Waals surface area (Å²) in [5, 5.41) is 1.45. The Balaban J connectivity index is 1.82. The van der Waals surface area contributed by atoms with E-state index in [1.807, 2.05) is 6.07 Å². The van der Waals surface area contributed by atoms with Gasteiger partial charge in [0, 0.05) is 18.0 Å². The molecular formula is C19H20ClN3S. The number of aromatic nitrogens is 2. The van der Waals surface area contributed by atoms with Gasteiger partial charge in [0.05, 0.1) is 5.39 Å². The normalized spacial score (nSPS) is 21.4. The third-order valence-electron chi connectivity index (χ3n) is 4.57. The quantitative estimate of drug-likeness (QED) is 0.567. The molecule has 5 heteroatoms. The Kier molecular flexibility index (Phi) is 4.19. The molecule has 2 atom stereocenters. The first-order valence-electron chi connectivity index (χ1n) is 8.37. The molecule has 1 aromatic carbocycles. The lowest BCUT2D eigenvalue weighted by Crippen LogP contribution is -2.39. The van der Waals surface area contributed by atoms with Crippen LogP contribution in [-0.4, -0.2) is 23.1 Å². The van der Waals surface area contributed by atoms with Gasteiger partial charge in [0.25, 0.3) is 0 Å². The van der Waals surface area contributed by atoms with Crippen LogP contribution in [0.1, 0.15) is 20.3 Å². The summed E-state index contributed by atoms with van der Waals surface area (Å²) in [4.78, 5) is 13.6. The summed E-state index contributed by atoms with van der Waals surface area (Å²) in [6.07, 6.45) is 1.28. The number of thiophene rings is 1. The van der Waals surface area contributed by atoms with Crippen LogP contribution in [0.2, 0.25) is 5.28 Å². The van der Waals surface area contributed by atoms with Gasteiger partial charge in [-0.1, -0.05) is 44.2 Å². The lowest BCUT2D eigenvalue weighted by atomic mass is 9.92. The van der Waals surface area contributed by atoms with E-state index in [1.54, 1.807) is 11.3 Å². The molecule has 1 aliphatic heterocycles. The lowest BCUT2D eigenvalue weighted by molar-refractivity contribution is 0.356. The van der Waals surface area contributed by atoms with Crippen molar-refractivity contribution in [2.24, 2.45) is 11.8 Å². The van der Waals surface area contributed by atoms with Gasteiger partial charge in [-0.05, 0) is 41.5 Å². The third-order valence-corrected chi connectivity index (χ3v) is 5.82. The van der Waals surface area contributed by atoms with Gasteiger partial charge < -0.3 is 4.90 Å². The zero-order valence-corrected chi connectivity index (χ0v) is 15.4. The van der Waals surface area contributed by atoms with E-state index in [4.69, 9.17) is 11.6 Å². The number of halogens is 1. The summed E-state index contributed by atoms with van der Waals surface area (Å²) in [5.74, 6) is 2.33. The molecule has 3 heterocycles. The number of hydrogen-bond donors (Lipinski definition) is 0. The Morgan fingerprint density at radius 1 is 1.08 bits per heavy atom. The molecule has 2 aromatic heterocycles. The summed E-state index contributed by atoms with van der Waals surface area (Å²) in [6.45, 7) is 6.68. The zero-order chi connectivity index (χ0) is 16.7. The Hall–Kier alpha value is -1.65. The number of benzene rings is 1. The van der Waals surface area contributed by atoms with Crippen LogP contribution < -0.4 is 4.90 Å². The van der Waals surface area contributed by atoms with Gasteiger partial charge in [0.15, 0.2) is 0 Å². The second kappa shape index (κ2) is 6.34. The van der Waals surface area contributed by atoms with Crippen molar-refractivity contribution in [2.45, 2.75) is 20.3 Å². The lowest BCUT2D eigenvalue weighted by Gasteiger charge is -2.36. The third kappa shape index (κ3) is 3.01. The fourth-order valence-electron chi connectivity index (χ4n) is 3.70. The topological polar surface area (TPSA) is 29.0 Å². The fourth-order valence-corrected chi connectivity index (χ4v) is 4.95. The van der Waals surface area contributed by atoms with Crippen LogP contribution in [0, 0.1) is 11.8 Å². The molecule has 0 N–H and O–H groups in total. The molecule has 3 aromatic rings. The maximum atomic E-state index is 6.23. The van der Waals surface area contributed by atoms with Gasteiger partial charge in [-0.25, -0.2) is 4.98 Å². The van der Waals surface area contributed by atoms with Crippen molar-refractivity contribution in [3.05, 3.63) is 41.7 Å². The maximum absolute atomic E-state index is 6.23. The molecule has 2 unspecified atom stereocenters. The van der Waals surface area contributed by atoms with Crippen molar-refractivity contribution < 1.29 is 0 Å². The van der Waals surface area contributed by atoms with Crippen molar-refractivity contribution in [1.82, 2.24) is 9.97 Å². The van der Waals surface area contributed by atoms with E-state index in [9.17, 15) is 0 Å². The monoisotopic (exact) mass is 357 g/mol. The van der Waals surface area contributed by atoms with E-state index in [2.05, 4.69) is 59.0 Å². The fraction of sp³-hybridized carbons (Fsp3) is 0.368. The first-order valence-corrected chi connectivity index (χ1v) is 9.57. The highest BCUT2D eigenvalue weighted by Crippen LogP contribution is 2.38. The molecule has 1 fully saturated rings. The van der Waals surface area contributed by atoms with Gasteiger partial charge in [0.2, 0.25) is 5.28 Å². The predicted octanol–water partition coefficient (Wildman–Crippen LogP) is 5.49. The molecule has 4 rings (SSSR count). The molecule has 24 heavy (non-hydrogen) atoms. The summed E-state index contributed by atoms with van der Waals surface area (Å²) < 4.78 is 0. The summed E-state index contributed by atoms with van der Waals surface area (Å²) in [6, 6.07) is 12.6. The standard InChI is InChI=1S/C19H20ClN3S/c1-12-8-13(2)11-23(10-12)17-15-9-16(14-6-4-3-5-7-14)24-18(15)22-19(20)21-17/h3-7,9,12-13H,8,10-11H2,1-2H3. The second-order valence-electron chi connectivity index (χ2n) is 6.86. The van der Waals surface area contributed by atoms with Crippen LogP contribution in [-0.2, 0) is 0 Å². The highest BCUT2D eigenvalue weighted by Gasteiger charge is 2.25. The van der Waals surface area contributed by atoms with Gasteiger partial charge in [-0.3, -0.25) is 0 Å². The minimum atomic E-state index is 0.338. The molecule has 3 nitrogen and oxygen atoms in total. The molecule has 0 bridgehead atoms. The number of anilines is 1. The maximum Gasteiger partial charge on any atom is 0.225 e. The highest BCUT2D eigenvalue weighted by atomic mass is 35.5. The Morgan fingerprint density at radius 3 is 2.50 bits per heavy atom. The number of piperidine rings is 1. The van der Waals surface area contributed by atoms with Crippen LogP contribution in [0.25, 0.3) is 20.7 Å². The first kappa shape index (κ1) is 15.9. The number of nitrogens with zero attached hydrogens (tertiary/aromatic N) is 3. The molecule has 1 aliphatic rings. The predicted molar refractivity (Wildman–Crippen MR) is 103 cm³/mol. The van der Waals surface area contributed by atoms with E-state index < -0.39 is 0 Å². The van der Waals surface area contributed by atoms with Gasteiger partial charge in [-0.2, -0.15) is 4.98 Å². The van der Waals surface area contributed by atoms with E-state index in [-0.39, 0.29) is 0 Å². The van der Waals surface area contributed by atoms with Crippen LogP contribution in [0.5, 0.6) is 0 Å². The average Bonchev–Trinajstić information content (AvgIpc) is 2.97. The van der Waals surface area contributed by atoms with Crippen LogP contribution >= 0.6 is 22.9 Å². The molecule has 1 saturated heterocycles. The number of hydrogen-bond acceptors (Lipinski definition) is 4. The van der Waals surface area contributed by atoms with Crippen LogP contribution in [0.4, 0.5) is 5.82 Å². The van der Waals surface area contributed by atoms with E-state index >= 15 is 0 Å². The smallest absolute Gasteiger partial charge is 0.225 e. The Bertz CT molecular complexity index is 852. The highest BCUT2D eigenvalue weighted by molar-refractivity contribution is 7.22. The van der Waals surface area contributed by atoms with E-state index in [0.717, 1.165) is 29.1 Å². The molecule has 0 spiro atoms. The Morgan fingerprint density at radius 2 is 1.79 bits per heavy atom.